The molecule has 0 heterocycles. The first kappa shape index (κ1) is 31.7. The molecule has 2 aliphatic rings. The third kappa shape index (κ3) is 6.71. The molecule has 0 amide bonds. The fraction of sp³-hybridized carbons (Fsp3) is 0.0769. The van der Waals surface area contributed by atoms with Gasteiger partial charge in [-0.1, -0.05) is 119 Å². The molecule has 3 heteroatoms. The van der Waals surface area contributed by atoms with Crippen molar-refractivity contribution < 1.29 is 49.0 Å². The predicted octanol–water partition coefficient (Wildman–Crippen LogP) is 4.21. The minimum atomic E-state index is 0. The number of rotatable bonds is 1. The Morgan fingerprint density at radius 1 is 0.714 bits per heavy atom. The van der Waals surface area contributed by atoms with Crippen LogP contribution < -0.4 is 24.8 Å². The van der Waals surface area contributed by atoms with Crippen LogP contribution in [-0.2, 0) is 30.7 Å². The largest absolute Gasteiger partial charge is 1.00 e. The van der Waals surface area contributed by atoms with E-state index in [1.807, 2.05) is 6.08 Å². The Kier molecular flexibility index (Phi) is 10.8. The van der Waals surface area contributed by atoms with Gasteiger partial charge in [0.1, 0.15) is 0 Å². The minimum absolute atomic E-state index is 0. The molecule has 42 heavy (non-hydrogen) atoms. The van der Waals surface area contributed by atoms with Crippen LogP contribution in [-0.4, -0.2) is 3.21 Å². The average molecular weight is 661 g/mol. The number of halogens is 2. The van der Waals surface area contributed by atoms with E-state index in [1.54, 1.807) is 24.2 Å². The number of fused-ring (bicyclic) bond motifs is 7. The number of hydrogen-bond donors (Lipinski definition) is 0. The van der Waals surface area contributed by atoms with Crippen LogP contribution in [0.5, 0.6) is 0 Å². The van der Waals surface area contributed by atoms with Gasteiger partial charge in [-0.15, -0.1) is 57.8 Å². The Bertz CT molecular complexity index is 1930. The molecule has 0 saturated heterocycles. The average Bonchev–Trinajstić information content (AvgIpc) is 3.64. The van der Waals surface area contributed by atoms with Crippen LogP contribution in [0.1, 0.15) is 25.0 Å². The second-order valence-corrected chi connectivity index (χ2v) is 12.9. The first-order chi connectivity index (χ1) is 19.6. The van der Waals surface area contributed by atoms with Gasteiger partial charge in [-0.25, -0.2) is 0 Å². The quantitative estimate of drug-likeness (QED) is 0.232. The Morgan fingerprint density at radius 3 is 2.07 bits per heavy atom. The maximum absolute atomic E-state index is 3.37. The van der Waals surface area contributed by atoms with E-state index in [2.05, 4.69) is 147 Å². The third-order valence-corrected chi connectivity index (χ3v) is 7.31. The van der Waals surface area contributed by atoms with Crippen molar-refractivity contribution in [2.24, 2.45) is 0 Å². The van der Waals surface area contributed by atoms with E-state index in [1.165, 1.54) is 68.9 Å². The Hall–Kier alpha value is -3.22. The molecule has 0 aliphatic heterocycles. The first-order valence-corrected chi connectivity index (χ1v) is 15.0. The monoisotopic (exact) mass is 658 g/mol. The van der Waals surface area contributed by atoms with Crippen molar-refractivity contribution in [2.45, 2.75) is 20.3 Å². The molecule has 0 aromatic heterocycles. The van der Waals surface area contributed by atoms with Crippen molar-refractivity contribution in [2.75, 3.05) is 0 Å². The molecule has 206 valence electrons. The molecule has 0 fully saturated rings. The van der Waals surface area contributed by atoms with Gasteiger partial charge in [0, 0.05) is 0 Å². The fourth-order valence-corrected chi connectivity index (χ4v) is 5.55. The minimum Gasteiger partial charge on any atom is -1.00 e. The zero-order valence-corrected chi connectivity index (χ0v) is 27.6. The molecule has 6 aromatic carbocycles. The molecule has 0 bridgehead atoms. The van der Waals surface area contributed by atoms with Crippen molar-refractivity contribution in [3.63, 3.8) is 0 Å². The SMILES string of the molecule is C[C](C)=[Zr+2].[C-]1=C2C(=CCc3ccc4ccccc4c32)C=C1.[Cl-].[Cl-].c1ccc2[cH-]c(-c3cccc4ccccc34)cc2c1. The van der Waals surface area contributed by atoms with Crippen LogP contribution in [0, 0.1) is 6.08 Å². The summed E-state index contributed by atoms with van der Waals surface area (Å²) in [4.78, 5) is 0. The normalized spacial score (nSPS) is 12.4. The van der Waals surface area contributed by atoms with Crippen LogP contribution in [0.15, 0.2) is 139 Å². The predicted molar refractivity (Wildman–Crippen MR) is 170 cm³/mol. The van der Waals surface area contributed by atoms with Gasteiger partial charge in [-0.05, 0) is 22.6 Å². The fourth-order valence-electron chi connectivity index (χ4n) is 5.55. The summed E-state index contributed by atoms with van der Waals surface area (Å²) in [5.74, 6) is 0. The molecule has 0 atom stereocenters. The summed E-state index contributed by atoms with van der Waals surface area (Å²) >= 11 is 1.55. The van der Waals surface area contributed by atoms with E-state index >= 15 is 0 Å². The van der Waals surface area contributed by atoms with Gasteiger partial charge in [-0.2, -0.15) is 12.2 Å². The molecule has 0 saturated carbocycles. The molecule has 2 aliphatic carbocycles. The summed E-state index contributed by atoms with van der Waals surface area (Å²) in [6.07, 6.45) is 10.9. The Morgan fingerprint density at radius 2 is 1.33 bits per heavy atom. The second-order valence-electron chi connectivity index (χ2n) is 10.4. The molecule has 0 N–H and O–H groups in total. The van der Waals surface area contributed by atoms with Gasteiger partial charge in [0.05, 0.1) is 0 Å². The van der Waals surface area contributed by atoms with Gasteiger partial charge in [-0.3, -0.25) is 0 Å². The molecule has 6 aromatic rings. The van der Waals surface area contributed by atoms with Crippen LogP contribution in [0.3, 0.4) is 0 Å². The molecular weight excluding hydrogens is 631 g/mol. The second kappa shape index (κ2) is 14.3. The van der Waals surface area contributed by atoms with E-state index in [-0.39, 0.29) is 24.8 Å². The number of hydrogen-bond acceptors (Lipinski definition) is 0. The molecule has 0 spiro atoms. The molecule has 0 unspecified atom stereocenters. The summed E-state index contributed by atoms with van der Waals surface area (Å²) in [5, 5.41) is 7.90. The van der Waals surface area contributed by atoms with Gasteiger partial charge >= 0.3 is 41.3 Å². The third-order valence-electron chi connectivity index (χ3n) is 7.31. The van der Waals surface area contributed by atoms with Crippen molar-refractivity contribution in [3.8, 4) is 11.1 Å². The standard InChI is InChI=1S/C19H13.C17H11.C3H6.2ClH.Zr/c1-2-8-16-13-17(12-15(16)7-1)19-11-5-9-14-6-3-4-10-18(14)19;1-2-6-15-12(4-1)8-10-14-11-9-13-5-3-7-16(13)17(14)15;1-3-2;;;/h1-13H;1-6,8-10H,11H2;1-2H3;2*1H;/q2*-1;;;;+2/p-2. The summed E-state index contributed by atoms with van der Waals surface area (Å²) in [6.45, 7) is 4.25. The summed E-state index contributed by atoms with van der Waals surface area (Å²) in [5.41, 5.74) is 8.01. The Labute approximate surface area is 276 Å². The maximum atomic E-state index is 3.37. The van der Waals surface area contributed by atoms with Crippen LogP contribution in [0.25, 0.3) is 49.0 Å². The molecule has 0 radical (unpaired) electrons. The van der Waals surface area contributed by atoms with Gasteiger partial charge < -0.3 is 24.8 Å². The molecular formula is C39H30Cl2Zr-2. The van der Waals surface area contributed by atoms with Gasteiger partial charge in [0.2, 0.25) is 0 Å². The summed E-state index contributed by atoms with van der Waals surface area (Å²) in [6, 6.07) is 41.2. The van der Waals surface area contributed by atoms with E-state index in [9.17, 15) is 0 Å². The number of allylic oxidation sites excluding steroid dienone is 6. The Balaban J connectivity index is 0.000000165. The van der Waals surface area contributed by atoms with Gasteiger partial charge in [0.15, 0.2) is 0 Å². The van der Waals surface area contributed by atoms with E-state index < -0.39 is 0 Å². The van der Waals surface area contributed by atoms with E-state index in [4.69, 9.17) is 0 Å². The topological polar surface area (TPSA) is 0 Å². The first-order valence-electron chi connectivity index (χ1n) is 13.8. The summed E-state index contributed by atoms with van der Waals surface area (Å²) in [7, 11) is 0. The maximum Gasteiger partial charge on any atom is -0.0253 e. The van der Waals surface area contributed by atoms with Crippen LogP contribution in [0.2, 0.25) is 0 Å². The van der Waals surface area contributed by atoms with Crippen LogP contribution >= 0.6 is 0 Å². The van der Waals surface area contributed by atoms with Crippen molar-refractivity contribution in [1.82, 2.24) is 0 Å². The van der Waals surface area contributed by atoms with E-state index in [0.29, 0.717) is 0 Å². The van der Waals surface area contributed by atoms with Crippen molar-refractivity contribution in [3.05, 3.63) is 156 Å². The van der Waals surface area contributed by atoms with Crippen molar-refractivity contribution in [1.29, 1.82) is 0 Å². The smallest absolute Gasteiger partial charge is 0.0253 e. The molecule has 8 rings (SSSR count). The van der Waals surface area contributed by atoms with Crippen LogP contribution in [0.4, 0.5) is 0 Å². The summed E-state index contributed by atoms with van der Waals surface area (Å²) < 4.78 is 1.51. The zero-order chi connectivity index (χ0) is 27.5. The van der Waals surface area contributed by atoms with Gasteiger partial charge in [0.25, 0.3) is 0 Å². The zero-order valence-electron chi connectivity index (χ0n) is 23.7. The van der Waals surface area contributed by atoms with E-state index in [0.717, 1.165) is 6.42 Å². The van der Waals surface area contributed by atoms with Crippen molar-refractivity contribution >= 4 is 41.1 Å². The molecule has 0 nitrogen and oxygen atoms in total. The number of benzene rings is 5.